The highest BCUT2D eigenvalue weighted by molar-refractivity contribution is 5.73. The van der Waals surface area contributed by atoms with Crippen LogP contribution < -0.4 is 9.47 Å². The van der Waals surface area contributed by atoms with E-state index in [4.69, 9.17) is 14.6 Å². The molecule has 0 unspecified atom stereocenters. The standard InChI is InChI=1S/C31H37NO5/c1-20(2)30-27(36-3)16-25(17-28(30)37-4)31(35)26(15-22-13-23-7-5-6-8-24(23)14-22)19-32-12-11-21(18-32)9-10-29(33)34/h5-8,11-12,16-18,22,26,31,35H,1,9-10,13-15,19H2,2-4H3,(H,33,34)/t26-,31+/m0/s1. The minimum Gasteiger partial charge on any atom is -0.496 e. The third-order valence-corrected chi connectivity index (χ3v) is 7.40. The number of methoxy groups -OCH3 is 2. The van der Waals surface area contributed by atoms with Crippen LogP contribution in [0.4, 0.5) is 0 Å². The van der Waals surface area contributed by atoms with Crippen LogP contribution in [0, 0.1) is 11.8 Å². The number of aliphatic carboxylic acids is 1. The fraction of sp³-hybridized carbons (Fsp3) is 0.387. The van der Waals surface area contributed by atoms with Gasteiger partial charge in [0.15, 0.2) is 0 Å². The molecule has 1 aromatic heterocycles. The van der Waals surface area contributed by atoms with Crippen LogP contribution >= 0.6 is 0 Å². The molecule has 6 heteroatoms. The Morgan fingerprint density at radius 1 is 1.11 bits per heavy atom. The fourth-order valence-corrected chi connectivity index (χ4v) is 5.62. The Hall–Kier alpha value is -3.51. The Morgan fingerprint density at radius 2 is 1.73 bits per heavy atom. The van der Waals surface area contributed by atoms with Crippen LogP contribution in [0.25, 0.3) is 5.57 Å². The van der Waals surface area contributed by atoms with E-state index in [0.717, 1.165) is 41.5 Å². The lowest BCUT2D eigenvalue weighted by Crippen LogP contribution is -2.22. The van der Waals surface area contributed by atoms with Gasteiger partial charge in [-0.2, -0.15) is 0 Å². The molecule has 2 aromatic carbocycles. The predicted molar refractivity (Wildman–Crippen MR) is 145 cm³/mol. The SMILES string of the molecule is C=C(C)c1c(OC)cc([C@@H](O)[C@@H](CC2Cc3ccccc3C2)Cn2ccc(CCC(=O)O)c2)cc1OC. The van der Waals surface area contributed by atoms with Crippen LogP contribution in [-0.2, 0) is 30.6 Å². The van der Waals surface area contributed by atoms with Crippen LogP contribution in [-0.4, -0.2) is 35.0 Å². The van der Waals surface area contributed by atoms with E-state index >= 15 is 0 Å². The third kappa shape index (κ3) is 6.25. The normalized spacial score (nSPS) is 14.7. The van der Waals surface area contributed by atoms with Crippen molar-refractivity contribution in [2.45, 2.75) is 51.7 Å². The highest BCUT2D eigenvalue weighted by Crippen LogP contribution is 2.41. The molecule has 0 aliphatic heterocycles. The number of aliphatic hydroxyl groups excluding tert-OH is 1. The summed E-state index contributed by atoms with van der Waals surface area (Å²) in [5, 5.41) is 20.8. The van der Waals surface area contributed by atoms with Gasteiger partial charge in [-0.3, -0.25) is 4.79 Å². The molecule has 0 amide bonds. The first-order valence-electron chi connectivity index (χ1n) is 12.8. The van der Waals surface area contributed by atoms with Crippen molar-refractivity contribution in [1.29, 1.82) is 0 Å². The van der Waals surface area contributed by atoms with Crippen molar-refractivity contribution in [3.05, 3.63) is 89.3 Å². The first-order valence-corrected chi connectivity index (χ1v) is 12.8. The molecule has 1 heterocycles. The van der Waals surface area contributed by atoms with Gasteiger partial charge in [-0.25, -0.2) is 0 Å². The summed E-state index contributed by atoms with van der Waals surface area (Å²) in [6.07, 6.45) is 6.70. The summed E-state index contributed by atoms with van der Waals surface area (Å²) in [6, 6.07) is 14.3. The molecular weight excluding hydrogens is 466 g/mol. The number of aromatic nitrogens is 1. The highest BCUT2D eigenvalue weighted by atomic mass is 16.5. The van der Waals surface area contributed by atoms with E-state index in [2.05, 4.69) is 35.4 Å². The van der Waals surface area contributed by atoms with Crippen molar-refractivity contribution in [3.63, 3.8) is 0 Å². The minimum atomic E-state index is -0.803. The molecule has 196 valence electrons. The summed E-state index contributed by atoms with van der Waals surface area (Å²) in [5.74, 6) is 0.833. The number of hydrogen-bond donors (Lipinski definition) is 2. The van der Waals surface area contributed by atoms with Crippen molar-refractivity contribution in [3.8, 4) is 11.5 Å². The maximum Gasteiger partial charge on any atom is 0.303 e. The number of carboxylic acids is 1. The number of rotatable bonds is 12. The number of nitrogens with zero attached hydrogens (tertiary/aromatic N) is 1. The van der Waals surface area contributed by atoms with Gasteiger partial charge in [-0.05, 0) is 84.6 Å². The summed E-state index contributed by atoms with van der Waals surface area (Å²) >= 11 is 0. The number of allylic oxidation sites excluding steroid dienone is 1. The zero-order valence-corrected chi connectivity index (χ0v) is 21.9. The number of aryl methyl sites for hydroxylation is 1. The zero-order valence-electron chi connectivity index (χ0n) is 21.9. The molecule has 0 fully saturated rings. The Kier molecular flexibility index (Phi) is 8.39. The van der Waals surface area contributed by atoms with Crippen LogP contribution in [0.2, 0.25) is 0 Å². The minimum absolute atomic E-state index is 0.0656. The second-order valence-corrected chi connectivity index (χ2v) is 10.2. The van der Waals surface area contributed by atoms with Gasteiger partial charge < -0.3 is 24.3 Å². The molecule has 0 bridgehead atoms. The first-order chi connectivity index (χ1) is 17.8. The molecule has 1 aliphatic rings. The van der Waals surface area contributed by atoms with Crippen LogP contribution in [0.15, 0.2) is 61.4 Å². The second-order valence-electron chi connectivity index (χ2n) is 10.2. The summed E-state index contributed by atoms with van der Waals surface area (Å²) in [6.45, 7) is 6.59. The van der Waals surface area contributed by atoms with E-state index in [0.29, 0.717) is 30.4 Å². The molecule has 4 rings (SSSR count). The molecule has 0 saturated heterocycles. The van der Waals surface area contributed by atoms with Gasteiger partial charge in [0.25, 0.3) is 0 Å². The molecule has 2 atom stereocenters. The van der Waals surface area contributed by atoms with E-state index in [1.807, 2.05) is 37.5 Å². The molecule has 37 heavy (non-hydrogen) atoms. The molecule has 1 aliphatic carbocycles. The second kappa shape index (κ2) is 11.7. The number of ether oxygens (including phenoxy) is 2. The Balaban J connectivity index is 1.62. The zero-order chi connectivity index (χ0) is 26.5. The lowest BCUT2D eigenvalue weighted by molar-refractivity contribution is -0.136. The van der Waals surface area contributed by atoms with Crippen LogP contribution in [0.5, 0.6) is 11.5 Å². The van der Waals surface area contributed by atoms with E-state index < -0.39 is 12.1 Å². The van der Waals surface area contributed by atoms with Gasteiger partial charge in [-0.15, -0.1) is 0 Å². The largest absolute Gasteiger partial charge is 0.496 e. The average Bonchev–Trinajstić information content (AvgIpc) is 3.51. The smallest absolute Gasteiger partial charge is 0.303 e. The number of aliphatic hydroxyl groups is 1. The number of hydrogen-bond acceptors (Lipinski definition) is 4. The van der Waals surface area contributed by atoms with E-state index in [1.165, 1.54) is 11.1 Å². The van der Waals surface area contributed by atoms with E-state index in [9.17, 15) is 9.90 Å². The van der Waals surface area contributed by atoms with Crippen molar-refractivity contribution < 1.29 is 24.5 Å². The first kappa shape index (κ1) is 26.6. The Bertz CT molecular complexity index is 1210. The lowest BCUT2D eigenvalue weighted by Gasteiger charge is -2.28. The fourth-order valence-electron chi connectivity index (χ4n) is 5.62. The van der Waals surface area contributed by atoms with Gasteiger partial charge in [0.2, 0.25) is 0 Å². The van der Waals surface area contributed by atoms with Crippen molar-refractivity contribution >= 4 is 11.5 Å². The maximum atomic E-state index is 11.7. The number of carboxylic acid groups (broad SMARTS) is 1. The van der Waals surface area contributed by atoms with Crippen molar-refractivity contribution in [2.75, 3.05) is 14.2 Å². The number of carbonyl (C=O) groups is 1. The molecule has 0 spiro atoms. The van der Waals surface area contributed by atoms with Gasteiger partial charge in [0.05, 0.1) is 25.9 Å². The number of fused-ring (bicyclic) bond motifs is 1. The van der Waals surface area contributed by atoms with Crippen molar-refractivity contribution in [1.82, 2.24) is 4.57 Å². The Morgan fingerprint density at radius 3 is 2.27 bits per heavy atom. The highest BCUT2D eigenvalue weighted by Gasteiger charge is 2.30. The lowest BCUT2D eigenvalue weighted by atomic mass is 9.85. The van der Waals surface area contributed by atoms with Gasteiger partial charge in [0.1, 0.15) is 11.5 Å². The number of benzene rings is 2. The molecule has 2 N–H and O–H groups in total. The summed E-state index contributed by atoms with van der Waals surface area (Å²) in [7, 11) is 3.23. The molecule has 0 saturated carbocycles. The molecule has 3 aromatic rings. The predicted octanol–water partition coefficient (Wildman–Crippen LogP) is 5.71. The van der Waals surface area contributed by atoms with Crippen LogP contribution in [0.3, 0.4) is 0 Å². The van der Waals surface area contributed by atoms with E-state index in [-0.39, 0.29) is 12.3 Å². The summed E-state index contributed by atoms with van der Waals surface area (Å²) in [5.41, 5.74) is 6.16. The maximum absolute atomic E-state index is 11.7. The Labute approximate surface area is 219 Å². The topological polar surface area (TPSA) is 80.9 Å². The van der Waals surface area contributed by atoms with Gasteiger partial charge in [-0.1, -0.05) is 30.8 Å². The monoisotopic (exact) mass is 503 g/mol. The third-order valence-electron chi connectivity index (χ3n) is 7.40. The molecular formula is C31H37NO5. The van der Waals surface area contributed by atoms with Gasteiger partial charge >= 0.3 is 5.97 Å². The van der Waals surface area contributed by atoms with Crippen LogP contribution in [0.1, 0.15) is 53.7 Å². The summed E-state index contributed by atoms with van der Waals surface area (Å²) in [4.78, 5) is 11.0. The van der Waals surface area contributed by atoms with Crippen molar-refractivity contribution in [2.24, 2.45) is 11.8 Å². The average molecular weight is 504 g/mol. The molecule has 0 radical (unpaired) electrons. The quantitative estimate of drug-likeness (QED) is 0.331. The van der Waals surface area contributed by atoms with E-state index in [1.54, 1.807) is 14.2 Å². The summed E-state index contributed by atoms with van der Waals surface area (Å²) < 4.78 is 13.4. The van der Waals surface area contributed by atoms with Gasteiger partial charge in [0, 0.05) is 31.3 Å². The molecule has 6 nitrogen and oxygen atoms in total.